The van der Waals surface area contributed by atoms with Gasteiger partial charge in [-0.2, -0.15) is 4.98 Å². The molecule has 0 aliphatic rings. The van der Waals surface area contributed by atoms with Crippen LogP contribution in [0.5, 0.6) is 6.08 Å². The summed E-state index contributed by atoms with van der Waals surface area (Å²) in [5.74, 6) is 0. The maximum absolute atomic E-state index is 5.49. The van der Waals surface area contributed by atoms with E-state index in [0.29, 0.717) is 19.2 Å². The monoisotopic (exact) mass is 280 g/mol. The number of nitrogens with zero attached hydrogens (tertiary/aromatic N) is 1. The van der Waals surface area contributed by atoms with Crippen LogP contribution < -0.4 is 10.1 Å². The summed E-state index contributed by atoms with van der Waals surface area (Å²) in [4.78, 5) is 5.59. The molecular formula is C14H20N2O2S. The lowest BCUT2D eigenvalue weighted by Crippen LogP contribution is -2.35. The maximum atomic E-state index is 5.49. The van der Waals surface area contributed by atoms with Crippen molar-refractivity contribution in [2.24, 2.45) is 0 Å². The van der Waals surface area contributed by atoms with Gasteiger partial charge in [0.05, 0.1) is 12.3 Å². The first-order valence-electron chi connectivity index (χ1n) is 6.37. The van der Waals surface area contributed by atoms with Gasteiger partial charge in [-0.05, 0) is 32.2 Å². The van der Waals surface area contributed by atoms with Crippen molar-refractivity contribution in [2.75, 3.05) is 6.61 Å². The van der Waals surface area contributed by atoms with Gasteiger partial charge in [0.25, 0.3) is 0 Å². The zero-order chi connectivity index (χ0) is 13.7. The molecule has 0 fully saturated rings. The zero-order valence-electron chi connectivity index (χ0n) is 11.6. The third-order valence-corrected chi connectivity index (χ3v) is 3.42. The molecule has 0 atom stereocenters. The van der Waals surface area contributed by atoms with E-state index in [1.54, 1.807) is 17.6 Å². The SMILES string of the molecule is CC(C)(C)NCc1coc(OCCc2cccs2)n1. The lowest BCUT2D eigenvalue weighted by atomic mass is 10.1. The molecule has 19 heavy (non-hydrogen) atoms. The molecular weight excluding hydrogens is 260 g/mol. The maximum Gasteiger partial charge on any atom is 0.393 e. The number of aromatic nitrogens is 1. The van der Waals surface area contributed by atoms with E-state index in [-0.39, 0.29) is 5.54 Å². The number of thiophene rings is 1. The number of rotatable bonds is 6. The molecule has 5 heteroatoms. The van der Waals surface area contributed by atoms with Crippen LogP contribution in [0.1, 0.15) is 31.3 Å². The second-order valence-corrected chi connectivity index (χ2v) is 6.42. The normalized spacial score (nSPS) is 11.7. The summed E-state index contributed by atoms with van der Waals surface area (Å²) in [6.45, 7) is 7.62. The quantitative estimate of drug-likeness (QED) is 0.882. The summed E-state index contributed by atoms with van der Waals surface area (Å²) in [7, 11) is 0. The average Bonchev–Trinajstić information content (AvgIpc) is 2.97. The highest BCUT2D eigenvalue weighted by atomic mass is 32.1. The average molecular weight is 280 g/mol. The molecule has 1 N–H and O–H groups in total. The van der Waals surface area contributed by atoms with Gasteiger partial charge in [-0.15, -0.1) is 11.3 Å². The minimum Gasteiger partial charge on any atom is -0.450 e. The second kappa shape index (κ2) is 6.21. The van der Waals surface area contributed by atoms with Crippen LogP contribution in [0.2, 0.25) is 0 Å². The second-order valence-electron chi connectivity index (χ2n) is 5.39. The van der Waals surface area contributed by atoms with Gasteiger partial charge in [0.1, 0.15) is 6.26 Å². The van der Waals surface area contributed by atoms with Gasteiger partial charge in [-0.3, -0.25) is 0 Å². The molecule has 0 unspecified atom stereocenters. The molecule has 0 radical (unpaired) electrons. The van der Waals surface area contributed by atoms with Gasteiger partial charge < -0.3 is 14.5 Å². The molecule has 2 aromatic heterocycles. The smallest absolute Gasteiger partial charge is 0.393 e. The number of hydrogen-bond acceptors (Lipinski definition) is 5. The molecule has 0 spiro atoms. The van der Waals surface area contributed by atoms with Crippen LogP contribution in [0.25, 0.3) is 0 Å². The standard InChI is InChI=1S/C14H20N2O2S/c1-14(2,3)15-9-11-10-18-13(16-11)17-7-6-12-5-4-8-19-12/h4-5,8,10,15H,6-7,9H2,1-3H3. The van der Waals surface area contributed by atoms with Crippen LogP contribution in [0.4, 0.5) is 0 Å². The molecule has 0 bridgehead atoms. The Balaban J connectivity index is 1.74. The summed E-state index contributed by atoms with van der Waals surface area (Å²) in [5.41, 5.74) is 0.931. The molecule has 0 aromatic carbocycles. The fourth-order valence-corrected chi connectivity index (χ4v) is 2.18. The number of oxazole rings is 1. The van der Waals surface area contributed by atoms with Crippen LogP contribution in [0, 0.1) is 0 Å². The van der Waals surface area contributed by atoms with Crippen molar-refractivity contribution in [3.8, 4) is 6.08 Å². The molecule has 0 saturated heterocycles. The van der Waals surface area contributed by atoms with Gasteiger partial charge >= 0.3 is 6.08 Å². The molecule has 0 saturated carbocycles. The summed E-state index contributed by atoms with van der Waals surface area (Å²) >= 11 is 1.73. The highest BCUT2D eigenvalue weighted by Gasteiger charge is 2.11. The van der Waals surface area contributed by atoms with Crippen LogP contribution in [0.15, 0.2) is 28.2 Å². The van der Waals surface area contributed by atoms with Crippen molar-refractivity contribution in [3.63, 3.8) is 0 Å². The Bertz CT molecular complexity index is 486. The molecule has 104 valence electrons. The van der Waals surface area contributed by atoms with E-state index in [4.69, 9.17) is 9.15 Å². The predicted octanol–water partition coefficient (Wildman–Crippen LogP) is 3.25. The van der Waals surface area contributed by atoms with Gasteiger partial charge in [0, 0.05) is 23.4 Å². The Morgan fingerprint density at radius 2 is 2.26 bits per heavy atom. The van der Waals surface area contributed by atoms with E-state index >= 15 is 0 Å². The third kappa shape index (κ3) is 5.04. The lowest BCUT2D eigenvalue weighted by molar-refractivity contribution is 0.234. The van der Waals surface area contributed by atoms with Crippen molar-refractivity contribution < 1.29 is 9.15 Å². The Morgan fingerprint density at radius 1 is 1.42 bits per heavy atom. The molecule has 4 nitrogen and oxygen atoms in total. The first-order chi connectivity index (χ1) is 9.03. The summed E-state index contributed by atoms with van der Waals surface area (Å²) in [5, 5.41) is 5.42. The molecule has 0 amide bonds. The zero-order valence-corrected chi connectivity index (χ0v) is 12.4. The van der Waals surface area contributed by atoms with E-state index in [1.807, 2.05) is 6.07 Å². The van der Waals surface area contributed by atoms with E-state index in [2.05, 4.69) is 42.5 Å². The van der Waals surface area contributed by atoms with Crippen molar-refractivity contribution in [1.29, 1.82) is 0 Å². The molecule has 0 aliphatic heterocycles. The van der Waals surface area contributed by atoms with Crippen LogP contribution in [-0.4, -0.2) is 17.1 Å². The topological polar surface area (TPSA) is 47.3 Å². The van der Waals surface area contributed by atoms with Gasteiger partial charge in [0.15, 0.2) is 0 Å². The van der Waals surface area contributed by atoms with Crippen LogP contribution in [0.3, 0.4) is 0 Å². The number of nitrogens with one attached hydrogen (secondary N) is 1. The fraction of sp³-hybridized carbons (Fsp3) is 0.500. The van der Waals surface area contributed by atoms with E-state index < -0.39 is 0 Å². The van der Waals surface area contributed by atoms with Crippen molar-refractivity contribution in [3.05, 3.63) is 34.3 Å². The van der Waals surface area contributed by atoms with Crippen LogP contribution >= 0.6 is 11.3 Å². The van der Waals surface area contributed by atoms with Crippen LogP contribution in [-0.2, 0) is 13.0 Å². The largest absolute Gasteiger partial charge is 0.450 e. The van der Waals surface area contributed by atoms with Gasteiger partial charge in [-0.25, -0.2) is 0 Å². The lowest BCUT2D eigenvalue weighted by Gasteiger charge is -2.19. The number of hydrogen-bond donors (Lipinski definition) is 1. The predicted molar refractivity (Wildman–Crippen MR) is 76.6 cm³/mol. The van der Waals surface area contributed by atoms with E-state index in [1.165, 1.54) is 4.88 Å². The van der Waals surface area contributed by atoms with Gasteiger partial charge in [0.2, 0.25) is 0 Å². The summed E-state index contributed by atoms with van der Waals surface area (Å²) in [6.07, 6.45) is 2.87. The van der Waals surface area contributed by atoms with Crippen molar-refractivity contribution in [2.45, 2.75) is 39.3 Å². The minimum absolute atomic E-state index is 0.0686. The summed E-state index contributed by atoms with van der Waals surface area (Å²) < 4.78 is 10.8. The molecule has 2 rings (SSSR count). The van der Waals surface area contributed by atoms with E-state index in [0.717, 1.165) is 12.1 Å². The Labute approximate surface area is 117 Å². The summed E-state index contributed by atoms with van der Waals surface area (Å²) in [6, 6.07) is 4.14. The Hall–Kier alpha value is -1.33. The van der Waals surface area contributed by atoms with Crippen molar-refractivity contribution >= 4 is 11.3 Å². The number of ether oxygens (including phenoxy) is 1. The fourth-order valence-electron chi connectivity index (χ4n) is 1.49. The minimum atomic E-state index is 0.0686. The first kappa shape index (κ1) is 14.1. The molecule has 2 aromatic rings. The highest BCUT2D eigenvalue weighted by Crippen LogP contribution is 2.13. The third-order valence-electron chi connectivity index (χ3n) is 2.48. The molecule has 0 aliphatic carbocycles. The Kier molecular flexibility index (Phi) is 4.61. The Morgan fingerprint density at radius 3 is 2.95 bits per heavy atom. The first-order valence-corrected chi connectivity index (χ1v) is 7.25. The van der Waals surface area contributed by atoms with Crippen molar-refractivity contribution in [1.82, 2.24) is 10.3 Å². The van der Waals surface area contributed by atoms with Gasteiger partial charge in [-0.1, -0.05) is 6.07 Å². The highest BCUT2D eigenvalue weighted by molar-refractivity contribution is 7.09. The molecule has 2 heterocycles. The van der Waals surface area contributed by atoms with E-state index in [9.17, 15) is 0 Å².